The van der Waals surface area contributed by atoms with Gasteiger partial charge in [-0.15, -0.1) is 0 Å². The smallest absolute Gasteiger partial charge is 0.338 e. The molecule has 1 N–H and O–H groups in total. The van der Waals surface area contributed by atoms with Crippen LogP contribution in [0.4, 0.5) is 9.52 Å². The summed E-state index contributed by atoms with van der Waals surface area (Å²) in [4.78, 5) is 28.2. The third kappa shape index (κ3) is 4.00. The summed E-state index contributed by atoms with van der Waals surface area (Å²) >= 11 is 1.34. The van der Waals surface area contributed by atoms with Crippen LogP contribution in [0.3, 0.4) is 0 Å². The van der Waals surface area contributed by atoms with Crippen molar-refractivity contribution in [2.24, 2.45) is 0 Å². The van der Waals surface area contributed by atoms with Crippen LogP contribution in [0.25, 0.3) is 10.2 Å². The van der Waals surface area contributed by atoms with Crippen LogP contribution in [0.1, 0.15) is 27.6 Å². The van der Waals surface area contributed by atoms with E-state index >= 15 is 0 Å². The molecule has 5 nitrogen and oxygen atoms in total. The van der Waals surface area contributed by atoms with Gasteiger partial charge in [0, 0.05) is 5.56 Å². The quantitative estimate of drug-likeness (QED) is 0.534. The lowest BCUT2D eigenvalue weighted by molar-refractivity contribution is 0.0526. The molecule has 0 atom stereocenters. The van der Waals surface area contributed by atoms with Gasteiger partial charge in [0.1, 0.15) is 5.82 Å². The Bertz CT molecular complexity index is 922. The van der Waals surface area contributed by atoms with Gasteiger partial charge in [-0.1, -0.05) is 11.3 Å². The molecule has 0 bridgehead atoms. The Labute approximate surface area is 147 Å². The Morgan fingerprint density at radius 3 is 2.60 bits per heavy atom. The first kappa shape index (κ1) is 17.0. The van der Waals surface area contributed by atoms with E-state index in [9.17, 15) is 14.0 Å². The van der Waals surface area contributed by atoms with Crippen molar-refractivity contribution in [1.82, 2.24) is 4.98 Å². The lowest BCUT2D eigenvalue weighted by atomic mass is 10.1. The molecule has 3 aromatic rings. The van der Waals surface area contributed by atoms with Gasteiger partial charge in [-0.2, -0.15) is 0 Å². The minimum atomic E-state index is -0.381. The monoisotopic (exact) mass is 358 g/mol. The number of ketones is 1. The number of anilines is 1. The number of Topliss-reactive ketones (excluding diaryl/α,β-unsaturated/α-hetero) is 1. The molecule has 2 aromatic carbocycles. The summed E-state index contributed by atoms with van der Waals surface area (Å²) in [7, 11) is 0. The Kier molecular flexibility index (Phi) is 5.04. The second-order valence-corrected chi connectivity index (χ2v) is 6.24. The largest absolute Gasteiger partial charge is 0.462 e. The van der Waals surface area contributed by atoms with Crippen molar-refractivity contribution in [3.63, 3.8) is 0 Å². The fourth-order valence-corrected chi connectivity index (χ4v) is 3.14. The van der Waals surface area contributed by atoms with E-state index in [0.29, 0.717) is 22.9 Å². The van der Waals surface area contributed by atoms with Crippen LogP contribution < -0.4 is 5.32 Å². The molecule has 0 amide bonds. The SMILES string of the molecule is CCOC(=O)c1ccc2nc(NCC(=O)c3ccc(F)cc3)sc2c1. The van der Waals surface area contributed by atoms with Gasteiger partial charge >= 0.3 is 5.97 Å². The van der Waals surface area contributed by atoms with E-state index in [1.807, 2.05) is 0 Å². The van der Waals surface area contributed by atoms with Gasteiger partial charge in [-0.3, -0.25) is 4.79 Å². The summed E-state index contributed by atoms with van der Waals surface area (Å²) in [6, 6.07) is 10.5. The van der Waals surface area contributed by atoms with Crippen LogP contribution in [0, 0.1) is 5.82 Å². The van der Waals surface area contributed by atoms with Gasteiger partial charge in [-0.25, -0.2) is 14.2 Å². The van der Waals surface area contributed by atoms with Gasteiger partial charge in [-0.05, 0) is 49.4 Å². The number of esters is 1. The highest BCUT2D eigenvalue weighted by Crippen LogP contribution is 2.27. The van der Waals surface area contributed by atoms with Crippen molar-refractivity contribution >= 4 is 38.4 Å². The van der Waals surface area contributed by atoms with Crippen molar-refractivity contribution in [3.8, 4) is 0 Å². The standard InChI is InChI=1S/C18H15FN2O3S/c1-2-24-17(23)12-5-8-14-16(9-12)25-18(21-14)20-10-15(22)11-3-6-13(19)7-4-11/h3-9H,2,10H2,1H3,(H,20,21). The first-order valence-corrected chi connectivity index (χ1v) is 8.49. The molecule has 0 saturated carbocycles. The van der Waals surface area contributed by atoms with E-state index in [2.05, 4.69) is 10.3 Å². The maximum atomic E-state index is 12.9. The van der Waals surface area contributed by atoms with Crippen LogP contribution in [0.15, 0.2) is 42.5 Å². The molecule has 7 heteroatoms. The summed E-state index contributed by atoms with van der Waals surface area (Å²) < 4.78 is 18.7. The van der Waals surface area contributed by atoms with Crippen LogP contribution in [0.5, 0.6) is 0 Å². The average molecular weight is 358 g/mol. The van der Waals surface area contributed by atoms with Crippen LogP contribution in [-0.4, -0.2) is 29.9 Å². The number of aromatic nitrogens is 1. The Morgan fingerprint density at radius 2 is 1.88 bits per heavy atom. The Balaban J connectivity index is 1.70. The summed E-state index contributed by atoms with van der Waals surface area (Å²) in [5.41, 5.74) is 1.63. The van der Waals surface area contributed by atoms with Crippen molar-refractivity contribution < 1.29 is 18.7 Å². The van der Waals surface area contributed by atoms with Crippen LogP contribution in [0.2, 0.25) is 0 Å². The molecule has 0 aliphatic carbocycles. The predicted molar refractivity (Wildman–Crippen MR) is 94.8 cm³/mol. The maximum absolute atomic E-state index is 12.9. The van der Waals surface area contributed by atoms with Gasteiger partial charge < -0.3 is 10.1 Å². The fraction of sp³-hybridized carbons (Fsp3) is 0.167. The molecule has 0 unspecified atom stereocenters. The van der Waals surface area contributed by atoms with Crippen molar-refractivity contribution in [2.75, 3.05) is 18.5 Å². The highest BCUT2D eigenvalue weighted by atomic mass is 32.1. The molecule has 1 heterocycles. The van der Waals surface area contributed by atoms with Crippen LogP contribution >= 0.6 is 11.3 Å². The summed E-state index contributed by atoms with van der Waals surface area (Å²) in [6.45, 7) is 2.12. The molecule has 0 aliphatic rings. The number of ether oxygens (including phenoxy) is 1. The first-order valence-electron chi connectivity index (χ1n) is 7.67. The number of benzene rings is 2. The number of fused-ring (bicyclic) bond motifs is 1. The highest BCUT2D eigenvalue weighted by molar-refractivity contribution is 7.22. The van der Waals surface area contributed by atoms with E-state index in [-0.39, 0.29) is 24.1 Å². The number of halogens is 1. The van der Waals surface area contributed by atoms with Gasteiger partial charge in [0.2, 0.25) is 0 Å². The average Bonchev–Trinajstić information content (AvgIpc) is 3.02. The molecule has 0 aliphatic heterocycles. The molecule has 1 aromatic heterocycles. The molecular weight excluding hydrogens is 343 g/mol. The zero-order chi connectivity index (χ0) is 17.8. The molecule has 0 radical (unpaired) electrons. The lowest BCUT2D eigenvalue weighted by Crippen LogP contribution is -2.13. The molecule has 0 spiro atoms. The van der Waals surface area contributed by atoms with Gasteiger partial charge in [0.05, 0.1) is 28.9 Å². The van der Waals surface area contributed by atoms with E-state index < -0.39 is 0 Å². The number of nitrogens with one attached hydrogen (secondary N) is 1. The second-order valence-electron chi connectivity index (χ2n) is 5.21. The number of nitrogens with zero attached hydrogens (tertiary/aromatic N) is 1. The third-order valence-electron chi connectivity index (χ3n) is 3.47. The highest BCUT2D eigenvalue weighted by Gasteiger charge is 2.11. The first-order chi connectivity index (χ1) is 12.1. The number of hydrogen-bond donors (Lipinski definition) is 1. The van der Waals surface area contributed by atoms with Crippen molar-refractivity contribution in [3.05, 3.63) is 59.4 Å². The third-order valence-corrected chi connectivity index (χ3v) is 4.44. The predicted octanol–water partition coefficient (Wildman–Crippen LogP) is 3.91. The maximum Gasteiger partial charge on any atom is 0.338 e. The van der Waals surface area contributed by atoms with E-state index in [1.54, 1.807) is 25.1 Å². The lowest BCUT2D eigenvalue weighted by Gasteiger charge is -2.02. The number of carbonyl (C=O) groups is 2. The Morgan fingerprint density at radius 1 is 1.16 bits per heavy atom. The van der Waals surface area contributed by atoms with E-state index in [0.717, 1.165) is 10.2 Å². The molecule has 128 valence electrons. The van der Waals surface area contributed by atoms with Gasteiger partial charge in [0.15, 0.2) is 10.9 Å². The number of carbonyl (C=O) groups excluding carboxylic acids is 2. The van der Waals surface area contributed by atoms with Crippen molar-refractivity contribution in [1.29, 1.82) is 0 Å². The minimum absolute atomic E-state index is 0.0518. The molecular formula is C18H15FN2O3S. The minimum Gasteiger partial charge on any atom is -0.462 e. The molecule has 0 fully saturated rings. The normalized spacial score (nSPS) is 10.6. The second kappa shape index (κ2) is 7.40. The number of hydrogen-bond acceptors (Lipinski definition) is 6. The molecule has 0 saturated heterocycles. The molecule has 3 rings (SSSR count). The zero-order valence-corrected chi connectivity index (χ0v) is 14.2. The number of rotatable bonds is 6. The molecule has 25 heavy (non-hydrogen) atoms. The summed E-state index contributed by atoms with van der Waals surface area (Å²) in [5, 5.41) is 3.54. The van der Waals surface area contributed by atoms with E-state index in [4.69, 9.17) is 4.74 Å². The summed E-state index contributed by atoms with van der Waals surface area (Å²) in [6.07, 6.45) is 0. The summed E-state index contributed by atoms with van der Waals surface area (Å²) in [5.74, 6) is -0.918. The topological polar surface area (TPSA) is 68.3 Å². The van der Waals surface area contributed by atoms with Crippen LogP contribution in [-0.2, 0) is 4.74 Å². The number of thiazole rings is 1. The van der Waals surface area contributed by atoms with Crippen molar-refractivity contribution in [2.45, 2.75) is 6.92 Å². The Hall–Kier alpha value is -2.80. The zero-order valence-electron chi connectivity index (χ0n) is 13.4. The fourth-order valence-electron chi connectivity index (χ4n) is 2.24. The van der Waals surface area contributed by atoms with E-state index in [1.165, 1.54) is 35.6 Å². The van der Waals surface area contributed by atoms with Gasteiger partial charge in [0.25, 0.3) is 0 Å².